The summed E-state index contributed by atoms with van der Waals surface area (Å²) in [6, 6.07) is 10.6. The first kappa shape index (κ1) is 28.6. The van der Waals surface area contributed by atoms with Crippen LogP contribution in [0.1, 0.15) is 30.5 Å². The van der Waals surface area contributed by atoms with E-state index in [0.717, 1.165) is 17.0 Å². The number of ether oxygens (including phenoxy) is 1. The number of benzene rings is 2. The van der Waals surface area contributed by atoms with E-state index in [0.29, 0.717) is 16.5 Å². The summed E-state index contributed by atoms with van der Waals surface area (Å²) in [4.78, 5) is 41.1. The minimum Gasteiger partial charge on any atom is -0.462 e. The molecule has 2 aromatic carbocycles. The van der Waals surface area contributed by atoms with Crippen LogP contribution in [-0.4, -0.2) is 42.5 Å². The molecule has 3 rings (SSSR count). The lowest BCUT2D eigenvalue weighted by Gasteiger charge is -2.33. The second kappa shape index (κ2) is 10.6. The van der Waals surface area contributed by atoms with Crippen LogP contribution >= 0.6 is 12.4 Å². The number of likely N-dealkylation sites (N-methyl/N-ethyl adjacent to an activating group) is 1. The fourth-order valence-corrected chi connectivity index (χ4v) is 3.75. The largest absolute Gasteiger partial charge is 0.462 e. The Balaban J connectivity index is 0.00000456. The number of hydrogen-bond acceptors (Lipinski definition) is 6. The van der Waals surface area contributed by atoms with E-state index in [-0.39, 0.29) is 18.1 Å². The van der Waals surface area contributed by atoms with Gasteiger partial charge in [0.25, 0.3) is 5.91 Å². The van der Waals surface area contributed by atoms with E-state index in [2.05, 4.69) is 0 Å². The van der Waals surface area contributed by atoms with Crippen molar-refractivity contribution < 1.29 is 32.3 Å². The highest BCUT2D eigenvalue weighted by molar-refractivity contribution is 6.23. The Morgan fingerprint density at radius 3 is 2.31 bits per heavy atom. The number of nitrogens with two attached hydrogens (primary N) is 1. The van der Waals surface area contributed by atoms with Crippen LogP contribution in [0.3, 0.4) is 0 Å². The highest BCUT2D eigenvalue weighted by Crippen LogP contribution is 2.41. The smallest absolute Gasteiger partial charge is 0.417 e. The van der Waals surface area contributed by atoms with Gasteiger partial charge < -0.3 is 15.4 Å². The topological polar surface area (TPSA) is 117 Å². The molecule has 192 valence electrons. The fourth-order valence-electron chi connectivity index (χ4n) is 3.75. The second-order valence-corrected chi connectivity index (χ2v) is 8.30. The molecule has 1 aliphatic heterocycles. The van der Waals surface area contributed by atoms with E-state index in [4.69, 9.17) is 15.7 Å². The van der Waals surface area contributed by atoms with Crippen molar-refractivity contribution in [3.05, 3.63) is 65.2 Å². The Kier molecular flexibility index (Phi) is 8.39. The Labute approximate surface area is 211 Å². The molecular weight excluding hydrogens is 501 g/mol. The average Bonchev–Trinajstić information content (AvgIpc) is 3.02. The molecule has 0 spiro atoms. The minimum atomic E-state index is -4.89. The first-order valence-electron chi connectivity index (χ1n) is 10.6. The summed E-state index contributed by atoms with van der Waals surface area (Å²) >= 11 is 0. The number of alkyl halides is 3. The van der Waals surface area contributed by atoms with Crippen molar-refractivity contribution >= 4 is 36.0 Å². The van der Waals surface area contributed by atoms with E-state index < -0.39 is 59.3 Å². The van der Waals surface area contributed by atoms with Crippen molar-refractivity contribution in [1.82, 2.24) is 4.90 Å². The third kappa shape index (κ3) is 4.87. The first-order valence-corrected chi connectivity index (χ1v) is 10.6. The van der Waals surface area contributed by atoms with Gasteiger partial charge in [-0.05, 0) is 30.7 Å². The van der Waals surface area contributed by atoms with Crippen LogP contribution in [0.25, 0.3) is 0 Å². The normalized spacial score (nSPS) is 19.4. The van der Waals surface area contributed by atoms with Crippen LogP contribution in [0.15, 0.2) is 48.5 Å². The molecule has 1 saturated heterocycles. The van der Waals surface area contributed by atoms with E-state index in [1.807, 2.05) is 0 Å². The lowest BCUT2D eigenvalue weighted by atomic mass is 9.89. The van der Waals surface area contributed by atoms with Crippen LogP contribution in [0.4, 0.5) is 23.7 Å². The van der Waals surface area contributed by atoms with Crippen LogP contribution in [0.5, 0.6) is 0 Å². The number of amides is 3. The third-order valence-electron chi connectivity index (χ3n) is 6.13. The van der Waals surface area contributed by atoms with Crippen molar-refractivity contribution in [2.24, 2.45) is 11.7 Å². The molecule has 0 aliphatic carbocycles. The molecule has 0 bridgehead atoms. The maximum Gasteiger partial charge on any atom is 0.417 e. The zero-order valence-corrected chi connectivity index (χ0v) is 20.4. The van der Waals surface area contributed by atoms with E-state index in [1.165, 1.54) is 13.1 Å². The Hall–Kier alpha value is -3.62. The van der Waals surface area contributed by atoms with Gasteiger partial charge in [-0.2, -0.15) is 18.4 Å². The van der Waals surface area contributed by atoms with Gasteiger partial charge in [0.2, 0.25) is 0 Å². The Morgan fingerprint density at radius 1 is 1.17 bits per heavy atom. The van der Waals surface area contributed by atoms with Crippen LogP contribution < -0.4 is 10.6 Å². The SMILES string of the molecule is CC(N)C(C)C(=O)OCC1(c2ccccc2)C(=O)N(c2ccc(C#N)c(C(F)(F)F)c2)C(=O)N1C.Cl. The van der Waals surface area contributed by atoms with Gasteiger partial charge >= 0.3 is 18.2 Å². The van der Waals surface area contributed by atoms with Gasteiger partial charge in [0.15, 0.2) is 5.54 Å². The molecule has 2 aromatic rings. The molecular formula is C24H24ClF3N4O4. The zero-order valence-electron chi connectivity index (χ0n) is 19.6. The number of carbonyl (C=O) groups is 3. The molecule has 0 radical (unpaired) electrons. The number of anilines is 1. The van der Waals surface area contributed by atoms with Crippen LogP contribution in [0.2, 0.25) is 0 Å². The summed E-state index contributed by atoms with van der Waals surface area (Å²) in [5, 5.41) is 9.06. The molecule has 8 nitrogen and oxygen atoms in total. The maximum absolute atomic E-state index is 13.8. The van der Waals surface area contributed by atoms with Crippen molar-refractivity contribution in [2.75, 3.05) is 18.6 Å². The Bertz CT molecular complexity index is 1200. The summed E-state index contributed by atoms with van der Waals surface area (Å²) in [5.41, 5.74) is 1.92. The highest BCUT2D eigenvalue weighted by Gasteiger charge is 2.58. The van der Waals surface area contributed by atoms with Gasteiger partial charge in [0, 0.05) is 13.1 Å². The molecule has 0 saturated carbocycles. The first-order chi connectivity index (χ1) is 16.4. The molecule has 3 amide bonds. The van der Waals surface area contributed by atoms with E-state index >= 15 is 0 Å². The van der Waals surface area contributed by atoms with E-state index in [1.54, 1.807) is 44.2 Å². The molecule has 3 atom stereocenters. The zero-order chi connectivity index (χ0) is 26.1. The quantitative estimate of drug-likeness (QED) is 0.453. The maximum atomic E-state index is 13.8. The third-order valence-corrected chi connectivity index (χ3v) is 6.13. The molecule has 2 N–H and O–H groups in total. The van der Waals surface area contributed by atoms with Crippen molar-refractivity contribution in [3.8, 4) is 6.07 Å². The summed E-state index contributed by atoms with van der Waals surface area (Å²) < 4.78 is 46.0. The summed E-state index contributed by atoms with van der Waals surface area (Å²) in [7, 11) is 1.30. The van der Waals surface area contributed by atoms with Crippen LogP contribution in [0, 0.1) is 17.2 Å². The lowest BCUT2D eigenvalue weighted by Crippen LogP contribution is -2.50. The van der Waals surface area contributed by atoms with Gasteiger partial charge in [-0.15, -0.1) is 12.4 Å². The van der Waals surface area contributed by atoms with Crippen molar-refractivity contribution in [1.29, 1.82) is 5.26 Å². The number of nitriles is 1. The monoisotopic (exact) mass is 524 g/mol. The predicted octanol–water partition coefficient (Wildman–Crippen LogP) is 3.82. The van der Waals surface area contributed by atoms with Gasteiger partial charge in [0.1, 0.15) is 6.61 Å². The minimum absolute atomic E-state index is 0. The van der Waals surface area contributed by atoms with Crippen LogP contribution in [-0.2, 0) is 26.0 Å². The number of carbonyl (C=O) groups excluding carboxylic acids is 3. The number of hydrogen-bond donors (Lipinski definition) is 1. The van der Waals surface area contributed by atoms with Gasteiger partial charge in [-0.1, -0.05) is 37.3 Å². The molecule has 0 aromatic heterocycles. The summed E-state index contributed by atoms with van der Waals surface area (Å²) in [6.07, 6.45) is -4.89. The van der Waals surface area contributed by atoms with Gasteiger partial charge in [-0.25, -0.2) is 9.69 Å². The standard InChI is InChI=1S/C24H23F3N4O4.ClH/c1-14(15(2)29)20(32)35-13-23(17-7-5-4-6-8-17)21(33)31(22(34)30(23)3)18-10-9-16(12-28)19(11-18)24(25,26)27;/h4-11,14-15H,13,29H2,1-3H3;1H. The molecule has 36 heavy (non-hydrogen) atoms. The van der Waals surface area contributed by atoms with E-state index in [9.17, 15) is 27.6 Å². The molecule has 1 aliphatic rings. The number of urea groups is 1. The number of halogens is 4. The lowest BCUT2D eigenvalue weighted by molar-refractivity contribution is -0.153. The number of esters is 1. The molecule has 1 fully saturated rings. The van der Waals surface area contributed by atoms with Crippen molar-refractivity contribution in [2.45, 2.75) is 31.6 Å². The number of rotatable bonds is 6. The predicted molar refractivity (Wildman–Crippen MR) is 126 cm³/mol. The highest BCUT2D eigenvalue weighted by atomic mass is 35.5. The second-order valence-electron chi connectivity index (χ2n) is 8.30. The van der Waals surface area contributed by atoms with Crippen molar-refractivity contribution in [3.63, 3.8) is 0 Å². The van der Waals surface area contributed by atoms with Gasteiger partial charge in [0.05, 0.1) is 28.8 Å². The average molecular weight is 525 g/mol. The summed E-state index contributed by atoms with van der Waals surface area (Å²) in [6.45, 7) is 2.59. The number of imide groups is 1. The molecule has 3 unspecified atom stereocenters. The fraction of sp³-hybridized carbons (Fsp3) is 0.333. The molecule has 1 heterocycles. The Morgan fingerprint density at radius 2 is 1.78 bits per heavy atom. The van der Waals surface area contributed by atoms with Gasteiger partial charge in [-0.3, -0.25) is 9.59 Å². The molecule has 12 heteroatoms. The number of nitrogens with zero attached hydrogens (tertiary/aromatic N) is 3. The summed E-state index contributed by atoms with van der Waals surface area (Å²) in [5.74, 6) is -2.31.